The summed E-state index contributed by atoms with van der Waals surface area (Å²) in [6, 6.07) is 14.7. The molecule has 0 bridgehead atoms. The number of carbonyl (C=O) groups excluding carboxylic acids is 3. The highest BCUT2D eigenvalue weighted by Gasteiger charge is 2.51. The van der Waals surface area contributed by atoms with Gasteiger partial charge in [-0.1, -0.05) is 37.3 Å². The Morgan fingerprint density at radius 3 is 2.55 bits per heavy atom. The van der Waals surface area contributed by atoms with E-state index in [1.165, 1.54) is 12.1 Å². The van der Waals surface area contributed by atoms with Gasteiger partial charge in [-0.3, -0.25) is 14.5 Å². The number of amides is 4. The number of hydrogen-bond donors (Lipinski definition) is 2. The van der Waals surface area contributed by atoms with Crippen molar-refractivity contribution < 1.29 is 18.8 Å². The maximum Gasteiger partial charge on any atom is 0.336 e. The van der Waals surface area contributed by atoms with Gasteiger partial charge in [0.15, 0.2) is 0 Å². The Bertz CT molecular complexity index is 1250. The fourth-order valence-electron chi connectivity index (χ4n) is 3.88. The van der Waals surface area contributed by atoms with E-state index in [1.54, 1.807) is 50.2 Å². The third kappa shape index (κ3) is 3.56. The number of benzene rings is 2. The van der Waals surface area contributed by atoms with Crippen LogP contribution in [0.1, 0.15) is 24.5 Å². The lowest BCUT2D eigenvalue weighted by atomic mass is 9.87. The number of nitrogens with one attached hydrogen (secondary N) is 2. The first-order valence-corrected chi connectivity index (χ1v) is 9.88. The maximum absolute atomic E-state index is 13.1. The van der Waals surface area contributed by atoms with Crippen molar-refractivity contribution in [3.8, 4) is 0 Å². The van der Waals surface area contributed by atoms with Crippen LogP contribution in [-0.2, 0) is 15.1 Å². The third-order valence-corrected chi connectivity index (χ3v) is 5.51. The van der Waals surface area contributed by atoms with Gasteiger partial charge in [0.1, 0.15) is 17.7 Å². The second-order valence-corrected chi connectivity index (χ2v) is 7.45. The van der Waals surface area contributed by atoms with Crippen LogP contribution >= 0.6 is 0 Å². The molecule has 31 heavy (non-hydrogen) atoms. The Kier molecular flexibility index (Phi) is 5.06. The van der Waals surface area contributed by atoms with E-state index in [9.17, 15) is 19.2 Å². The lowest BCUT2D eigenvalue weighted by molar-refractivity contribution is -0.134. The first kappa shape index (κ1) is 20.3. The minimum atomic E-state index is -1.19. The predicted molar refractivity (Wildman–Crippen MR) is 115 cm³/mol. The summed E-state index contributed by atoms with van der Waals surface area (Å²) in [5.41, 5.74) is 0.487. The molecule has 1 aliphatic heterocycles. The second kappa shape index (κ2) is 7.71. The zero-order valence-corrected chi connectivity index (χ0v) is 17.1. The number of imide groups is 1. The summed E-state index contributed by atoms with van der Waals surface area (Å²) in [7, 11) is 0. The van der Waals surface area contributed by atoms with Crippen molar-refractivity contribution >= 4 is 34.5 Å². The molecule has 3 aromatic rings. The summed E-state index contributed by atoms with van der Waals surface area (Å²) < 4.78 is 5.19. The zero-order chi connectivity index (χ0) is 22.2. The molecule has 158 valence electrons. The molecular formula is C23H21N3O5. The third-order valence-electron chi connectivity index (χ3n) is 5.51. The lowest BCUT2D eigenvalue weighted by Gasteiger charge is -2.25. The Labute approximate surface area is 177 Å². The molecule has 1 fully saturated rings. The SMILES string of the molecule is CC[C@@]1(c2ccccc2)NC(=O)N(CC(=O)Nc2ccc3c(C)cc(=O)oc3c2)C1=O. The number of fused-ring (bicyclic) bond motifs is 1. The Balaban J connectivity index is 1.53. The molecule has 2 aromatic carbocycles. The second-order valence-electron chi connectivity index (χ2n) is 7.45. The predicted octanol–water partition coefficient (Wildman–Crippen LogP) is 2.90. The van der Waals surface area contributed by atoms with Gasteiger partial charge in [0.2, 0.25) is 5.91 Å². The average Bonchev–Trinajstić information content (AvgIpc) is 2.99. The number of urea groups is 1. The molecule has 4 rings (SSSR count). The van der Waals surface area contributed by atoms with Crippen LogP contribution < -0.4 is 16.3 Å². The van der Waals surface area contributed by atoms with Crippen LogP contribution in [0.5, 0.6) is 0 Å². The van der Waals surface area contributed by atoms with Gasteiger partial charge >= 0.3 is 11.7 Å². The Morgan fingerprint density at radius 1 is 1.10 bits per heavy atom. The van der Waals surface area contributed by atoms with Gasteiger partial charge in [-0.25, -0.2) is 9.59 Å². The molecular weight excluding hydrogens is 398 g/mol. The quantitative estimate of drug-likeness (QED) is 0.488. The molecule has 8 heteroatoms. The lowest BCUT2D eigenvalue weighted by Crippen LogP contribution is -2.44. The molecule has 1 aliphatic rings. The zero-order valence-electron chi connectivity index (χ0n) is 17.1. The molecule has 0 aliphatic carbocycles. The summed E-state index contributed by atoms with van der Waals surface area (Å²) in [5, 5.41) is 6.15. The van der Waals surface area contributed by atoms with E-state index in [1.807, 2.05) is 6.07 Å². The normalized spacial score (nSPS) is 18.3. The number of hydrogen-bond acceptors (Lipinski definition) is 5. The first-order chi connectivity index (χ1) is 14.8. The molecule has 2 heterocycles. The molecule has 0 spiro atoms. The molecule has 1 atom stereocenters. The van der Waals surface area contributed by atoms with E-state index in [4.69, 9.17) is 4.42 Å². The van der Waals surface area contributed by atoms with Crippen LogP contribution in [0.25, 0.3) is 11.0 Å². The minimum absolute atomic E-state index is 0.340. The van der Waals surface area contributed by atoms with Crippen molar-refractivity contribution in [3.63, 3.8) is 0 Å². The molecule has 0 saturated carbocycles. The van der Waals surface area contributed by atoms with Crippen molar-refractivity contribution in [2.45, 2.75) is 25.8 Å². The molecule has 1 aromatic heterocycles. The monoisotopic (exact) mass is 419 g/mol. The van der Waals surface area contributed by atoms with Gasteiger partial charge in [0.05, 0.1) is 0 Å². The van der Waals surface area contributed by atoms with Gasteiger partial charge in [-0.15, -0.1) is 0 Å². The van der Waals surface area contributed by atoms with E-state index < -0.39 is 35.6 Å². The van der Waals surface area contributed by atoms with Crippen LogP contribution in [0, 0.1) is 6.92 Å². The number of nitrogens with zero attached hydrogens (tertiary/aromatic N) is 1. The fraction of sp³-hybridized carbons (Fsp3) is 0.217. The summed E-state index contributed by atoms with van der Waals surface area (Å²) in [5.74, 6) is -1.01. The van der Waals surface area contributed by atoms with E-state index in [-0.39, 0.29) is 0 Å². The average molecular weight is 419 g/mol. The van der Waals surface area contributed by atoms with E-state index in [0.717, 1.165) is 15.8 Å². The van der Waals surface area contributed by atoms with Gasteiger partial charge < -0.3 is 15.1 Å². The standard InChI is InChI=1S/C23H21N3O5/c1-3-23(15-7-5-4-6-8-15)21(29)26(22(30)25-23)13-19(27)24-16-9-10-17-14(2)11-20(28)31-18(17)12-16/h4-12H,3,13H2,1-2H3,(H,24,27)(H,25,30)/t23-/m0/s1. The largest absolute Gasteiger partial charge is 0.423 e. The highest BCUT2D eigenvalue weighted by Crippen LogP contribution is 2.32. The van der Waals surface area contributed by atoms with Crippen LogP contribution in [0.2, 0.25) is 0 Å². The number of rotatable bonds is 5. The van der Waals surface area contributed by atoms with Gasteiger partial charge in [-0.05, 0) is 36.6 Å². The van der Waals surface area contributed by atoms with E-state index in [2.05, 4.69) is 10.6 Å². The van der Waals surface area contributed by atoms with Crippen molar-refractivity contribution in [1.82, 2.24) is 10.2 Å². The van der Waals surface area contributed by atoms with Crippen molar-refractivity contribution in [3.05, 3.63) is 76.1 Å². The highest BCUT2D eigenvalue weighted by atomic mass is 16.4. The minimum Gasteiger partial charge on any atom is -0.423 e. The van der Waals surface area contributed by atoms with Gasteiger partial charge in [0.25, 0.3) is 5.91 Å². The van der Waals surface area contributed by atoms with Gasteiger partial charge in [0, 0.05) is 23.2 Å². The molecule has 2 N–H and O–H groups in total. The van der Waals surface area contributed by atoms with Crippen LogP contribution in [-0.4, -0.2) is 29.3 Å². The molecule has 4 amide bonds. The first-order valence-electron chi connectivity index (χ1n) is 9.88. The molecule has 0 radical (unpaired) electrons. The van der Waals surface area contributed by atoms with Crippen LogP contribution in [0.4, 0.5) is 10.5 Å². The van der Waals surface area contributed by atoms with Crippen molar-refractivity contribution in [2.24, 2.45) is 0 Å². The van der Waals surface area contributed by atoms with E-state index in [0.29, 0.717) is 23.3 Å². The number of anilines is 1. The summed E-state index contributed by atoms with van der Waals surface area (Å²) in [6.07, 6.45) is 0.350. The molecule has 0 unspecified atom stereocenters. The Hall–Kier alpha value is -3.94. The summed E-state index contributed by atoms with van der Waals surface area (Å²) in [4.78, 5) is 50.8. The highest BCUT2D eigenvalue weighted by molar-refractivity contribution is 6.10. The summed E-state index contributed by atoms with van der Waals surface area (Å²) in [6.45, 7) is 3.16. The Morgan fingerprint density at radius 2 is 1.84 bits per heavy atom. The van der Waals surface area contributed by atoms with Crippen molar-refractivity contribution in [2.75, 3.05) is 11.9 Å². The van der Waals surface area contributed by atoms with Crippen LogP contribution in [0.3, 0.4) is 0 Å². The maximum atomic E-state index is 13.1. The fourth-order valence-corrected chi connectivity index (χ4v) is 3.88. The number of aryl methyl sites for hydroxylation is 1. The number of carbonyl (C=O) groups is 3. The van der Waals surface area contributed by atoms with E-state index >= 15 is 0 Å². The molecule has 8 nitrogen and oxygen atoms in total. The van der Waals surface area contributed by atoms with Crippen molar-refractivity contribution in [1.29, 1.82) is 0 Å². The van der Waals surface area contributed by atoms with Crippen LogP contribution in [0.15, 0.2) is 63.8 Å². The smallest absolute Gasteiger partial charge is 0.336 e. The molecule has 1 saturated heterocycles. The summed E-state index contributed by atoms with van der Waals surface area (Å²) >= 11 is 0. The van der Waals surface area contributed by atoms with Gasteiger partial charge in [-0.2, -0.15) is 0 Å². The topological polar surface area (TPSA) is 109 Å².